The van der Waals surface area contributed by atoms with Crippen LogP contribution in [0.4, 0.5) is 5.69 Å². The van der Waals surface area contributed by atoms with E-state index < -0.39 is 6.23 Å². The second-order valence-corrected chi connectivity index (χ2v) is 9.38. The Balaban J connectivity index is 1.70. The van der Waals surface area contributed by atoms with E-state index in [1.54, 1.807) is 0 Å². The third-order valence-corrected chi connectivity index (χ3v) is 6.80. The van der Waals surface area contributed by atoms with Crippen LogP contribution in [0.2, 0.25) is 0 Å². The van der Waals surface area contributed by atoms with Crippen molar-refractivity contribution < 1.29 is 10.2 Å². The number of aromatic amines is 1. The van der Waals surface area contributed by atoms with E-state index in [1.165, 1.54) is 19.1 Å². The van der Waals surface area contributed by atoms with Crippen LogP contribution < -0.4 is 16.2 Å². The number of pyridine rings is 1. The molecule has 1 saturated carbocycles. The lowest BCUT2D eigenvalue weighted by Gasteiger charge is -2.23. The first-order valence-corrected chi connectivity index (χ1v) is 12.2. The Morgan fingerprint density at radius 3 is 2.46 bits per heavy atom. The molecule has 35 heavy (non-hydrogen) atoms. The molecule has 0 aliphatic heterocycles. The zero-order valence-corrected chi connectivity index (χ0v) is 20.3. The predicted octanol–water partition coefficient (Wildman–Crippen LogP) is 4.28. The van der Waals surface area contributed by atoms with Crippen LogP contribution in [0.5, 0.6) is 0 Å². The van der Waals surface area contributed by atoms with Gasteiger partial charge in [0, 0.05) is 46.9 Å². The molecule has 7 heteroatoms. The Morgan fingerprint density at radius 1 is 1.11 bits per heavy atom. The molecule has 1 atom stereocenters. The molecule has 6 N–H and O–H groups in total. The van der Waals surface area contributed by atoms with Crippen LogP contribution in [0.25, 0.3) is 11.1 Å². The number of aliphatic hydroxyl groups is 2. The molecule has 184 valence electrons. The maximum Gasteiger partial charge on any atom is 0.252 e. The minimum Gasteiger partial charge on any atom is -0.392 e. The maximum absolute atomic E-state index is 12.4. The van der Waals surface area contributed by atoms with E-state index in [4.69, 9.17) is 5.41 Å². The lowest BCUT2D eigenvalue weighted by molar-refractivity contribution is 0.137. The quantitative estimate of drug-likeness (QED) is 0.204. The van der Waals surface area contributed by atoms with Crippen LogP contribution in [-0.2, 0) is 13.2 Å². The molecule has 1 heterocycles. The van der Waals surface area contributed by atoms with Gasteiger partial charge < -0.3 is 25.9 Å². The highest BCUT2D eigenvalue weighted by Gasteiger charge is 2.21. The van der Waals surface area contributed by atoms with Gasteiger partial charge >= 0.3 is 0 Å². The van der Waals surface area contributed by atoms with Gasteiger partial charge in [-0.15, -0.1) is 0 Å². The van der Waals surface area contributed by atoms with Crippen LogP contribution in [0.3, 0.4) is 0 Å². The normalized spacial score (nSPS) is 14.7. The topological polar surface area (TPSA) is 121 Å². The van der Waals surface area contributed by atoms with Crippen molar-refractivity contribution >= 4 is 11.9 Å². The summed E-state index contributed by atoms with van der Waals surface area (Å²) >= 11 is 0. The van der Waals surface area contributed by atoms with E-state index >= 15 is 0 Å². The number of anilines is 1. The molecule has 0 radical (unpaired) electrons. The molecule has 0 bridgehead atoms. The monoisotopic (exact) mass is 474 g/mol. The Labute approximate surface area is 205 Å². The number of nitrogens with one attached hydrogen (secondary N) is 4. The second-order valence-electron chi connectivity index (χ2n) is 9.38. The molecule has 1 fully saturated rings. The van der Waals surface area contributed by atoms with Gasteiger partial charge in [0.25, 0.3) is 5.56 Å². The van der Waals surface area contributed by atoms with Crippen LogP contribution in [-0.4, -0.2) is 27.5 Å². The zero-order valence-electron chi connectivity index (χ0n) is 20.3. The average molecular weight is 475 g/mol. The molecular formula is C28H34N4O3. The van der Waals surface area contributed by atoms with E-state index in [0.29, 0.717) is 22.7 Å². The van der Waals surface area contributed by atoms with Gasteiger partial charge in [0.1, 0.15) is 6.23 Å². The summed E-state index contributed by atoms with van der Waals surface area (Å²) in [7, 11) is 0. The molecule has 1 aromatic heterocycles. The van der Waals surface area contributed by atoms with Gasteiger partial charge in [-0.25, -0.2) is 0 Å². The Morgan fingerprint density at radius 2 is 1.83 bits per heavy atom. The van der Waals surface area contributed by atoms with Crippen molar-refractivity contribution in [2.75, 3.05) is 5.32 Å². The van der Waals surface area contributed by atoms with Gasteiger partial charge in [-0.2, -0.15) is 0 Å². The number of aromatic nitrogens is 1. The largest absolute Gasteiger partial charge is 0.392 e. The first-order valence-electron chi connectivity index (χ1n) is 12.2. The number of aryl methyl sites for hydroxylation is 2. The molecule has 0 amide bonds. The molecule has 3 aromatic rings. The van der Waals surface area contributed by atoms with Gasteiger partial charge in [-0.3, -0.25) is 10.1 Å². The summed E-state index contributed by atoms with van der Waals surface area (Å²) in [6.07, 6.45) is 4.73. The minimum absolute atomic E-state index is 0.0209. The number of hydrogen-bond acceptors (Lipinski definition) is 6. The number of H-pyrrole nitrogens is 1. The van der Waals surface area contributed by atoms with Crippen LogP contribution in [0.15, 0.2) is 47.3 Å². The van der Waals surface area contributed by atoms with Crippen molar-refractivity contribution in [3.8, 4) is 11.1 Å². The van der Waals surface area contributed by atoms with Crippen LogP contribution >= 0.6 is 0 Å². The maximum atomic E-state index is 12.4. The van der Waals surface area contributed by atoms with E-state index in [0.717, 1.165) is 46.5 Å². The van der Waals surface area contributed by atoms with E-state index in [-0.39, 0.29) is 18.7 Å². The predicted molar refractivity (Wildman–Crippen MR) is 140 cm³/mol. The molecule has 1 unspecified atom stereocenters. The summed E-state index contributed by atoms with van der Waals surface area (Å²) in [5, 5.41) is 35.4. The first kappa shape index (κ1) is 24.9. The summed E-state index contributed by atoms with van der Waals surface area (Å²) in [6, 6.07) is 13.8. The van der Waals surface area contributed by atoms with E-state index in [9.17, 15) is 15.0 Å². The highest BCUT2D eigenvalue weighted by atomic mass is 16.3. The second kappa shape index (κ2) is 11.0. The van der Waals surface area contributed by atoms with Crippen LogP contribution in [0.1, 0.15) is 65.4 Å². The third-order valence-electron chi connectivity index (χ3n) is 6.80. The van der Waals surface area contributed by atoms with Crippen LogP contribution in [0, 0.1) is 19.3 Å². The Bertz CT molecular complexity index is 1240. The van der Waals surface area contributed by atoms with Gasteiger partial charge in [-0.05, 0) is 67.1 Å². The van der Waals surface area contributed by atoms with Crippen molar-refractivity contribution in [2.45, 2.75) is 65.0 Å². The van der Waals surface area contributed by atoms with Crippen molar-refractivity contribution in [1.82, 2.24) is 10.3 Å². The zero-order chi connectivity index (χ0) is 24.9. The highest BCUT2D eigenvalue weighted by molar-refractivity contribution is 5.90. The molecule has 1 aliphatic rings. The fourth-order valence-electron chi connectivity index (χ4n) is 4.85. The number of hydrogen-bond donors (Lipinski definition) is 6. The van der Waals surface area contributed by atoms with Crippen molar-refractivity contribution in [1.29, 1.82) is 5.41 Å². The summed E-state index contributed by atoms with van der Waals surface area (Å²) in [6.45, 7) is 3.90. The number of rotatable bonds is 9. The third kappa shape index (κ3) is 5.70. The smallest absolute Gasteiger partial charge is 0.252 e. The van der Waals surface area contributed by atoms with Gasteiger partial charge in [-0.1, -0.05) is 37.1 Å². The summed E-state index contributed by atoms with van der Waals surface area (Å²) in [4.78, 5) is 15.2. The molecule has 1 aliphatic carbocycles. The molecule has 0 spiro atoms. The Kier molecular flexibility index (Phi) is 7.80. The summed E-state index contributed by atoms with van der Waals surface area (Å²) < 4.78 is 0. The van der Waals surface area contributed by atoms with Gasteiger partial charge in [0.05, 0.1) is 6.61 Å². The molecule has 0 saturated heterocycles. The lowest BCUT2D eigenvalue weighted by atomic mass is 9.95. The minimum atomic E-state index is -1.08. The molecule has 2 aromatic carbocycles. The van der Waals surface area contributed by atoms with Crippen molar-refractivity contribution in [3.63, 3.8) is 0 Å². The Hall–Kier alpha value is -3.26. The standard InChI is InChI=1S/C28H34N4O3/c1-17-11-18(2)31-28(35)25(17)15-30-27(34)23-12-21(20-9-7-19(16-33)8-10-20)13-26(24(23)14-29)32-22-5-3-4-6-22/h7-14,22,27,29-30,32-34H,3-6,15-16H2,1-2H3,(H,31,35). The molecule has 4 rings (SSSR count). The average Bonchev–Trinajstić information content (AvgIpc) is 3.36. The van der Waals surface area contributed by atoms with Gasteiger partial charge in [0.2, 0.25) is 0 Å². The highest BCUT2D eigenvalue weighted by Crippen LogP contribution is 2.33. The number of aliphatic hydroxyl groups excluding tert-OH is 2. The van der Waals surface area contributed by atoms with E-state index in [1.807, 2.05) is 56.3 Å². The molecule has 7 nitrogen and oxygen atoms in total. The fourth-order valence-corrected chi connectivity index (χ4v) is 4.85. The fraction of sp³-hybridized carbons (Fsp3) is 0.357. The van der Waals surface area contributed by atoms with Gasteiger partial charge in [0.15, 0.2) is 0 Å². The SMILES string of the molecule is Cc1cc(C)c(CNC(O)c2cc(-c3ccc(CO)cc3)cc(NC3CCCC3)c2C=N)c(=O)[nH]1. The lowest BCUT2D eigenvalue weighted by Crippen LogP contribution is -2.27. The van der Waals surface area contributed by atoms with Crippen molar-refractivity contribution in [2.24, 2.45) is 0 Å². The summed E-state index contributed by atoms with van der Waals surface area (Å²) in [5.41, 5.74) is 6.76. The molecular weight excluding hydrogens is 440 g/mol. The van der Waals surface area contributed by atoms with Crippen molar-refractivity contribution in [3.05, 3.63) is 86.3 Å². The first-order chi connectivity index (χ1) is 16.9. The number of benzene rings is 2. The summed E-state index contributed by atoms with van der Waals surface area (Å²) in [5.74, 6) is 0. The van der Waals surface area contributed by atoms with E-state index in [2.05, 4.69) is 15.6 Å².